The Kier molecular flexibility index (Phi) is 5.53. The van der Waals surface area contributed by atoms with E-state index >= 15 is 0 Å². The number of amides is 2. The standard InChI is InChI=1S/C22H22N2O6S/c1-15-12-16-6-2-3-9-19(16)24(15)31(28,29)18-8-4-7-17(13-18)22(27)30-14-21(26)23-11-5-10-20(23)25/h2-4,6-9,13,15H,5,10-12,14H2,1H3/t15-/m0/s1. The number of likely N-dealkylation sites (tertiary alicyclic amines) is 1. The Balaban J connectivity index is 1.52. The molecule has 2 heterocycles. The number of benzene rings is 2. The fraction of sp³-hybridized carbons (Fsp3) is 0.318. The summed E-state index contributed by atoms with van der Waals surface area (Å²) in [6, 6.07) is 12.6. The molecular formula is C22H22N2O6S. The average molecular weight is 442 g/mol. The molecule has 0 unspecified atom stereocenters. The molecule has 0 bridgehead atoms. The summed E-state index contributed by atoms with van der Waals surface area (Å²) in [5.41, 5.74) is 1.59. The molecular weight excluding hydrogens is 420 g/mol. The Morgan fingerprint density at radius 1 is 1.13 bits per heavy atom. The molecule has 9 heteroatoms. The van der Waals surface area contributed by atoms with Crippen molar-refractivity contribution < 1.29 is 27.5 Å². The van der Waals surface area contributed by atoms with Crippen molar-refractivity contribution in [1.82, 2.24) is 4.90 Å². The predicted octanol–water partition coefficient (Wildman–Crippen LogP) is 2.13. The molecule has 1 fully saturated rings. The highest BCUT2D eigenvalue weighted by atomic mass is 32.2. The van der Waals surface area contributed by atoms with Gasteiger partial charge in [-0.25, -0.2) is 13.2 Å². The largest absolute Gasteiger partial charge is 0.452 e. The van der Waals surface area contributed by atoms with Crippen LogP contribution < -0.4 is 4.31 Å². The second kappa shape index (κ2) is 8.14. The van der Waals surface area contributed by atoms with Crippen molar-refractivity contribution in [3.63, 3.8) is 0 Å². The van der Waals surface area contributed by atoms with Gasteiger partial charge in [0.1, 0.15) is 0 Å². The van der Waals surface area contributed by atoms with Crippen LogP contribution in [-0.2, 0) is 30.8 Å². The van der Waals surface area contributed by atoms with E-state index in [1.807, 2.05) is 19.1 Å². The molecule has 2 aromatic rings. The highest BCUT2D eigenvalue weighted by Crippen LogP contribution is 2.36. The topological polar surface area (TPSA) is 101 Å². The predicted molar refractivity (Wildman–Crippen MR) is 112 cm³/mol. The zero-order valence-electron chi connectivity index (χ0n) is 17.0. The van der Waals surface area contributed by atoms with E-state index < -0.39 is 28.5 Å². The molecule has 0 saturated carbocycles. The quantitative estimate of drug-likeness (QED) is 0.658. The maximum Gasteiger partial charge on any atom is 0.338 e. The maximum atomic E-state index is 13.3. The second-order valence-electron chi connectivity index (χ2n) is 7.63. The molecule has 0 radical (unpaired) electrons. The van der Waals surface area contributed by atoms with Gasteiger partial charge in [-0.05, 0) is 49.6 Å². The van der Waals surface area contributed by atoms with Gasteiger partial charge in [0.15, 0.2) is 6.61 Å². The van der Waals surface area contributed by atoms with Gasteiger partial charge in [-0.3, -0.25) is 18.8 Å². The van der Waals surface area contributed by atoms with Crippen LogP contribution in [0.3, 0.4) is 0 Å². The summed E-state index contributed by atoms with van der Waals surface area (Å²) in [6.07, 6.45) is 1.50. The van der Waals surface area contributed by atoms with E-state index in [0.29, 0.717) is 31.5 Å². The van der Waals surface area contributed by atoms with E-state index in [1.165, 1.54) is 28.6 Å². The Labute approximate surface area is 180 Å². The molecule has 2 aromatic carbocycles. The van der Waals surface area contributed by atoms with Crippen LogP contribution in [0, 0.1) is 0 Å². The molecule has 0 spiro atoms. The lowest BCUT2D eigenvalue weighted by Gasteiger charge is -2.24. The number of hydrogen-bond acceptors (Lipinski definition) is 6. The number of hydrogen-bond donors (Lipinski definition) is 0. The molecule has 0 N–H and O–H groups in total. The monoisotopic (exact) mass is 442 g/mol. The van der Waals surface area contributed by atoms with E-state index in [0.717, 1.165) is 10.5 Å². The Hall–Kier alpha value is -3.20. The molecule has 162 valence electrons. The van der Waals surface area contributed by atoms with E-state index in [-0.39, 0.29) is 22.4 Å². The minimum Gasteiger partial charge on any atom is -0.452 e. The number of nitrogens with zero attached hydrogens (tertiary/aromatic N) is 2. The summed E-state index contributed by atoms with van der Waals surface area (Å²) in [5, 5.41) is 0. The first-order valence-electron chi connectivity index (χ1n) is 10.0. The van der Waals surface area contributed by atoms with E-state index in [9.17, 15) is 22.8 Å². The van der Waals surface area contributed by atoms with Gasteiger partial charge in [0.2, 0.25) is 5.91 Å². The highest BCUT2D eigenvalue weighted by molar-refractivity contribution is 7.92. The fourth-order valence-electron chi connectivity index (χ4n) is 4.00. The van der Waals surface area contributed by atoms with Crippen molar-refractivity contribution in [3.8, 4) is 0 Å². The SMILES string of the molecule is C[C@H]1Cc2ccccc2N1S(=O)(=O)c1cccc(C(=O)OCC(=O)N2CCCC2=O)c1. The summed E-state index contributed by atoms with van der Waals surface area (Å²) < 4.78 is 33.1. The van der Waals surface area contributed by atoms with Crippen LogP contribution in [0.25, 0.3) is 0 Å². The van der Waals surface area contributed by atoms with Crippen LogP contribution in [0.2, 0.25) is 0 Å². The summed E-state index contributed by atoms with van der Waals surface area (Å²) >= 11 is 0. The summed E-state index contributed by atoms with van der Waals surface area (Å²) in [4.78, 5) is 37.1. The molecule has 0 aromatic heterocycles. The van der Waals surface area contributed by atoms with Gasteiger partial charge < -0.3 is 4.74 Å². The van der Waals surface area contributed by atoms with E-state index in [1.54, 1.807) is 12.1 Å². The van der Waals surface area contributed by atoms with Crippen molar-refractivity contribution in [2.24, 2.45) is 0 Å². The first kappa shape index (κ1) is 21.0. The number of carbonyl (C=O) groups is 3. The van der Waals surface area contributed by atoms with Gasteiger partial charge >= 0.3 is 5.97 Å². The smallest absolute Gasteiger partial charge is 0.338 e. The van der Waals surface area contributed by atoms with Gasteiger partial charge in [0, 0.05) is 19.0 Å². The number of imide groups is 1. The average Bonchev–Trinajstić information content (AvgIpc) is 3.34. The molecule has 31 heavy (non-hydrogen) atoms. The third-order valence-corrected chi connectivity index (χ3v) is 7.40. The number of esters is 1. The van der Waals surface area contributed by atoms with Crippen LogP contribution in [-0.4, -0.2) is 50.3 Å². The molecule has 1 atom stereocenters. The van der Waals surface area contributed by atoms with Gasteiger partial charge in [-0.1, -0.05) is 24.3 Å². The minimum absolute atomic E-state index is 0.0155. The van der Waals surface area contributed by atoms with Crippen molar-refractivity contribution in [3.05, 3.63) is 59.7 Å². The third-order valence-electron chi connectivity index (χ3n) is 5.47. The molecule has 4 rings (SSSR count). The van der Waals surface area contributed by atoms with E-state index in [2.05, 4.69) is 0 Å². The fourth-order valence-corrected chi connectivity index (χ4v) is 5.74. The van der Waals surface area contributed by atoms with Crippen molar-refractivity contribution in [1.29, 1.82) is 0 Å². The number of ether oxygens (including phenoxy) is 1. The molecule has 2 aliphatic rings. The van der Waals surface area contributed by atoms with Crippen molar-refractivity contribution >= 4 is 33.5 Å². The van der Waals surface area contributed by atoms with Crippen LogP contribution in [0.15, 0.2) is 53.4 Å². The van der Waals surface area contributed by atoms with Crippen molar-refractivity contribution in [2.45, 2.75) is 37.1 Å². The summed E-state index contributed by atoms with van der Waals surface area (Å²) in [5.74, 6) is -1.69. The van der Waals surface area contributed by atoms with E-state index in [4.69, 9.17) is 4.74 Å². The summed E-state index contributed by atoms with van der Waals surface area (Å²) in [6.45, 7) is 1.58. The van der Waals surface area contributed by atoms with Gasteiger partial charge in [0.25, 0.3) is 15.9 Å². The second-order valence-corrected chi connectivity index (χ2v) is 9.44. The zero-order valence-corrected chi connectivity index (χ0v) is 17.8. The number of sulfonamides is 1. The number of fused-ring (bicyclic) bond motifs is 1. The van der Waals surface area contributed by atoms with Crippen LogP contribution >= 0.6 is 0 Å². The minimum atomic E-state index is -3.90. The number of para-hydroxylation sites is 1. The molecule has 1 saturated heterocycles. The first-order valence-corrected chi connectivity index (χ1v) is 11.5. The number of carbonyl (C=O) groups excluding carboxylic acids is 3. The van der Waals surface area contributed by atoms with Crippen molar-refractivity contribution in [2.75, 3.05) is 17.5 Å². The highest BCUT2D eigenvalue weighted by Gasteiger charge is 2.36. The molecule has 2 aliphatic heterocycles. The normalized spacial score (nSPS) is 18.2. The van der Waals surface area contributed by atoms with Gasteiger partial charge in [-0.2, -0.15) is 0 Å². The van der Waals surface area contributed by atoms with Gasteiger partial charge in [-0.15, -0.1) is 0 Å². The maximum absolute atomic E-state index is 13.3. The Morgan fingerprint density at radius 3 is 2.65 bits per heavy atom. The van der Waals surface area contributed by atoms with Crippen LogP contribution in [0.1, 0.15) is 35.7 Å². The lowest BCUT2D eigenvalue weighted by atomic mass is 10.1. The molecule has 2 amide bonds. The Bertz CT molecular complexity index is 1160. The third kappa shape index (κ3) is 3.93. The zero-order chi connectivity index (χ0) is 22.2. The number of rotatable bonds is 5. The van der Waals surface area contributed by atoms with Crippen LogP contribution in [0.4, 0.5) is 5.69 Å². The first-order chi connectivity index (χ1) is 14.8. The van der Waals surface area contributed by atoms with Gasteiger partial charge in [0.05, 0.1) is 16.1 Å². The number of anilines is 1. The Morgan fingerprint density at radius 2 is 1.90 bits per heavy atom. The molecule has 8 nitrogen and oxygen atoms in total. The summed E-state index contributed by atoms with van der Waals surface area (Å²) in [7, 11) is -3.90. The lowest BCUT2D eigenvalue weighted by molar-refractivity contribution is -0.143. The molecule has 0 aliphatic carbocycles. The van der Waals surface area contributed by atoms with Crippen LogP contribution in [0.5, 0.6) is 0 Å². The lowest BCUT2D eigenvalue weighted by Crippen LogP contribution is -2.36.